The molecule has 0 aliphatic heterocycles. The summed E-state index contributed by atoms with van der Waals surface area (Å²) in [6, 6.07) is 2.54. The molecule has 0 aliphatic rings. The molecule has 1 N–H and O–H groups in total. The average molecular weight is 237 g/mol. The predicted octanol–water partition coefficient (Wildman–Crippen LogP) is 4.52. The lowest BCUT2D eigenvalue weighted by molar-refractivity contribution is 0.485. The number of rotatable bonds is 8. The van der Waals surface area contributed by atoms with Crippen LogP contribution in [0, 0.1) is 13.8 Å². The van der Waals surface area contributed by atoms with Crippen LogP contribution < -0.4 is 5.32 Å². The first kappa shape index (κ1) is 14.3. The van der Waals surface area contributed by atoms with Crippen LogP contribution in [-0.4, -0.2) is 6.54 Å². The highest BCUT2D eigenvalue weighted by Gasteiger charge is 2.11. The van der Waals surface area contributed by atoms with Gasteiger partial charge in [-0.1, -0.05) is 32.6 Å². The zero-order valence-corrected chi connectivity index (χ0v) is 11.8. The zero-order chi connectivity index (χ0) is 12.7. The first-order chi connectivity index (χ1) is 8.15. The topological polar surface area (TPSA) is 25.2 Å². The molecule has 0 aliphatic carbocycles. The molecule has 1 aromatic heterocycles. The van der Waals surface area contributed by atoms with Crippen LogP contribution in [0.15, 0.2) is 10.5 Å². The molecule has 0 aromatic carbocycles. The van der Waals surface area contributed by atoms with E-state index in [-0.39, 0.29) is 0 Å². The first-order valence-electron chi connectivity index (χ1n) is 6.95. The molecule has 1 rings (SSSR count). The molecule has 98 valence electrons. The molecule has 2 heteroatoms. The van der Waals surface area contributed by atoms with E-state index in [4.69, 9.17) is 4.42 Å². The Morgan fingerprint density at radius 1 is 1.18 bits per heavy atom. The van der Waals surface area contributed by atoms with Crippen molar-refractivity contribution in [2.24, 2.45) is 0 Å². The molecule has 1 unspecified atom stereocenters. The summed E-state index contributed by atoms with van der Waals surface area (Å²) in [5.74, 6) is 2.06. The van der Waals surface area contributed by atoms with Gasteiger partial charge in [-0.05, 0) is 39.8 Å². The van der Waals surface area contributed by atoms with Gasteiger partial charge in [-0.2, -0.15) is 0 Å². The average Bonchev–Trinajstić information content (AvgIpc) is 2.62. The molecule has 2 nitrogen and oxygen atoms in total. The maximum atomic E-state index is 5.56. The van der Waals surface area contributed by atoms with Crippen molar-refractivity contribution in [1.29, 1.82) is 0 Å². The van der Waals surface area contributed by atoms with E-state index >= 15 is 0 Å². The van der Waals surface area contributed by atoms with Crippen molar-refractivity contribution in [1.82, 2.24) is 5.32 Å². The number of nitrogens with one attached hydrogen (secondary N) is 1. The van der Waals surface area contributed by atoms with E-state index in [0.29, 0.717) is 6.04 Å². The normalized spacial score (nSPS) is 12.9. The summed E-state index contributed by atoms with van der Waals surface area (Å²) in [6.45, 7) is 9.62. The Balaban J connectivity index is 2.21. The minimum absolute atomic E-state index is 0.402. The Kier molecular flexibility index (Phi) is 6.35. The zero-order valence-electron chi connectivity index (χ0n) is 11.8. The van der Waals surface area contributed by atoms with Crippen molar-refractivity contribution in [2.45, 2.75) is 65.8 Å². The summed E-state index contributed by atoms with van der Waals surface area (Å²) in [6.07, 6.45) is 6.68. The lowest BCUT2D eigenvalue weighted by atomic mass is 10.1. The van der Waals surface area contributed by atoms with E-state index in [9.17, 15) is 0 Å². The van der Waals surface area contributed by atoms with Crippen LogP contribution in [0.4, 0.5) is 0 Å². The number of furan rings is 1. The third-order valence-corrected chi connectivity index (χ3v) is 3.28. The summed E-state index contributed by atoms with van der Waals surface area (Å²) in [5, 5.41) is 3.57. The van der Waals surface area contributed by atoms with Gasteiger partial charge in [0.2, 0.25) is 0 Å². The van der Waals surface area contributed by atoms with Crippen LogP contribution in [0.1, 0.15) is 69.1 Å². The maximum Gasteiger partial charge on any atom is 0.105 e. The number of unbranched alkanes of at least 4 members (excludes halogenated alkanes) is 4. The quantitative estimate of drug-likeness (QED) is 0.673. The molecular weight excluding hydrogens is 210 g/mol. The molecule has 0 bridgehead atoms. The van der Waals surface area contributed by atoms with Crippen LogP contribution in [0.25, 0.3) is 0 Å². The number of hydrogen-bond donors (Lipinski definition) is 1. The van der Waals surface area contributed by atoms with E-state index in [1.807, 2.05) is 13.8 Å². The highest BCUT2D eigenvalue weighted by molar-refractivity contribution is 5.23. The molecule has 0 amide bonds. The predicted molar refractivity (Wildman–Crippen MR) is 73.4 cm³/mol. The van der Waals surface area contributed by atoms with Gasteiger partial charge in [0, 0.05) is 11.6 Å². The van der Waals surface area contributed by atoms with Gasteiger partial charge in [0.1, 0.15) is 11.5 Å². The summed E-state index contributed by atoms with van der Waals surface area (Å²) < 4.78 is 5.56. The molecular formula is C15H27NO. The van der Waals surface area contributed by atoms with Crippen molar-refractivity contribution in [3.8, 4) is 0 Å². The molecule has 0 radical (unpaired) electrons. The molecule has 0 spiro atoms. The Morgan fingerprint density at radius 3 is 2.47 bits per heavy atom. The summed E-state index contributed by atoms with van der Waals surface area (Å²) in [4.78, 5) is 0. The number of aryl methyl sites for hydroxylation is 2. The number of hydrogen-bond acceptors (Lipinski definition) is 2. The standard InChI is InChI=1S/C15H27NO/c1-5-6-7-8-9-10-16-13(3)15-11-12(2)17-14(15)4/h11,13,16H,5-10H2,1-4H3. The largest absolute Gasteiger partial charge is 0.466 e. The van der Waals surface area contributed by atoms with E-state index in [0.717, 1.165) is 18.1 Å². The van der Waals surface area contributed by atoms with Gasteiger partial charge in [0.15, 0.2) is 0 Å². The molecule has 1 heterocycles. The molecule has 0 fully saturated rings. The second-order valence-electron chi connectivity index (χ2n) is 4.96. The van der Waals surface area contributed by atoms with Crippen molar-refractivity contribution in [3.05, 3.63) is 23.2 Å². The minimum Gasteiger partial charge on any atom is -0.466 e. The molecule has 1 atom stereocenters. The van der Waals surface area contributed by atoms with E-state index in [1.165, 1.54) is 37.7 Å². The molecule has 0 saturated heterocycles. The Labute approximate surface area is 106 Å². The van der Waals surface area contributed by atoms with Crippen LogP contribution >= 0.6 is 0 Å². The minimum atomic E-state index is 0.402. The molecule has 17 heavy (non-hydrogen) atoms. The fraction of sp³-hybridized carbons (Fsp3) is 0.733. The highest BCUT2D eigenvalue weighted by Crippen LogP contribution is 2.21. The summed E-state index contributed by atoms with van der Waals surface area (Å²) >= 11 is 0. The highest BCUT2D eigenvalue weighted by atomic mass is 16.3. The van der Waals surface area contributed by atoms with Gasteiger partial charge in [-0.25, -0.2) is 0 Å². The monoisotopic (exact) mass is 237 g/mol. The Hall–Kier alpha value is -0.760. The summed E-state index contributed by atoms with van der Waals surface area (Å²) in [7, 11) is 0. The van der Waals surface area contributed by atoms with Crippen molar-refractivity contribution < 1.29 is 4.42 Å². The van der Waals surface area contributed by atoms with E-state index in [2.05, 4.69) is 25.2 Å². The fourth-order valence-corrected chi connectivity index (χ4v) is 2.24. The van der Waals surface area contributed by atoms with Gasteiger partial charge in [0.05, 0.1) is 0 Å². The van der Waals surface area contributed by atoms with Crippen LogP contribution in [0.5, 0.6) is 0 Å². The van der Waals surface area contributed by atoms with Gasteiger partial charge in [0.25, 0.3) is 0 Å². The van der Waals surface area contributed by atoms with Crippen LogP contribution in [0.3, 0.4) is 0 Å². The van der Waals surface area contributed by atoms with E-state index < -0.39 is 0 Å². The lowest BCUT2D eigenvalue weighted by Gasteiger charge is -2.12. The third kappa shape index (κ3) is 4.95. The Morgan fingerprint density at radius 2 is 1.88 bits per heavy atom. The lowest BCUT2D eigenvalue weighted by Crippen LogP contribution is -2.19. The second kappa shape index (κ2) is 7.54. The second-order valence-corrected chi connectivity index (χ2v) is 4.96. The fourth-order valence-electron chi connectivity index (χ4n) is 2.24. The summed E-state index contributed by atoms with van der Waals surface area (Å²) in [5.41, 5.74) is 1.30. The van der Waals surface area contributed by atoms with Crippen LogP contribution in [0.2, 0.25) is 0 Å². The van der Waals surface area contributed by atoms with Crippen molar-refractivity contribution in [3.63, 3.8) is 0 Å². The third-order valence-electron chi connectivity index (χ3n) is 3.28. The van der Waals surface area contributed by atoms with Crippen molar-refractivity contribution >= 4 is 0 Å². The first-order valence-corrected chi connectivity index (χ1v) is 6.95. The van der Waals surface area contributed by atoms with Gasteiger partial charge < -0.3 is 9.73 Å². The maximum absolute atomic E-state index is 5.56. The molecule has 0 saturated carbocycles. The SMILES string of the molecule is CCCCCCCNC(C)c1cc(C)oc1C. The Bertz CT molecular complexity index is 317. The van der Waals surface area contributed by atoms with Gasteiger partial charge >= 0.3 is 0 Å². The van der Waals surface area contributed by atoms with Crippen molar-refractivity contribution in [2.75, 3.05) is 6.54 Å². The van der Waals surface area contributed by atoms with Gasteiger partial charge in [-0.3, -0.25) is 0 Å². The van der Waals surface area contributed by atoms with Gasteiger partial charge in [-0.15, -0.1) is 0 Å². The smallest absolute Gasteiger partial charge is 0.105 e. The molecule has 1 aromatic rings. The van der Waals surface area contributed by atoms with E-state index in [1.54, 1.807) is 0 Å². The van der Waals surface area contributed by atoms with Crippen LogP contribution in [-0.2, 0) is 0 Å².